The average molecular weight is 475 g/mol. The van der Waals surface area contributed by atoms with Gasteiger partial charge in [0.25, 0.3) is 0 Å². The molecule has 0 aliphatic carbocycles. The molecule has 2 rings (SSSR count). The molecule has 0 saturated carbocycles. The largest absolute Gasteiger partial charge is 0.361 e. The highest BCUT2D eigenvalue weighted by Crippen LogP contribution is 2.19. The third kappa shape index (κ3) is 6.81. The number of carbonyl (C=O) groups excluding carboxylic acids is 1. The van der Waals surface area contributed by atoms with E-state index in [0.29, 0.717) is 25.5 Å². The maximum Gasteiger partial charge on any atom is 0.221 e. The standard InChI is InChI=1S/C18H26FN5O.HI/c1-12(2)24-17(25)7-9-22-18(20-3)21-8-6-13-11-23-16-10-14(19)4-5-15(13)16;/h4-5,10-12,23H,6-9H2,1-3H3,(H,24,25)(H2,20,21,22);1H. The van der Waals surface area contributed by atoms with Crippen LogP contribution in [-0.2, 0) is 11.2 Å². The second-order valence-corrected chi connectivity index (χ2v) is 6.15. The molecular formula is C18H27FIN5O. The molecule has 0 atom stereocenters. The molecule has 2 aromatic rings. The number of fused-ring (bicyclic) bond motifs is 1. The van der Waals surface area contributed by atoms with Crippen LogP contribution in [0.4, 0.5) is 4.39 Å². The summed E-state index contributed by atoms with van der Waals surface area (Å²) in [5.74, 6) is 0.428. The van der Waals surface area contributed by atoms with Crippen LogP contribution < -0.4 is 16.0 Å². The van der Waals surface area contributed by atoms with Crippen molar-refractivity contribution in [2.45, 2.75) is 32.7 Å². The third-order valence-corrected chi connectivity index (χ3v) is 3.73. The highest BCUT2D eigenvalue weighted by atomic mass is 127. The van der Waals surface area contributed by atoms with E-state index in [0.717, 1.165) is 22.9 Å². The number of aromatic nitrogens is 1. The summed E-state index contributed by atoms with van der Waals surface area (Å²) in [6, 6.07) is 4.90. The lowest BCUT2D eigenvalue weighted by molar-refractivity contribution is -0.121. The van der Waals surface area contributed by atoms with Crippen LogP contribution in [0.5, 0.6) is 0 Å². The van der Waals surface area contributed by atoms with Crippen molar-refractivity contribution >= 4 is 46.7 Å². The Hall–Kier alpha value is -1.84. The van der Waals surface area contributed by atoms with E-state index in [-0.39, 0.29) is 41.7 Å². The first kappa shape index (κ1) is 22.2. The van der Waals surface area contributed by atoms with E-state index in [1.165, 1.54) is 12.1 Å². The molecule has 1 heterocycles. The van der Waals surface area contributed by atoms with E-state index < -0.39 is 0 Å². The van der Waals surface area contributed by atoms with Gasteiger partial charge in [-0.2, -0.15) is 0 Å². The molecule has 1 aromatic carbocycles. The van der Waals surface area contributed by atoms with Gasteiger partial charge in [0, 0.05) is 49.7 Å². The van der Waals surface area contributed by atoms with E-state index in [9.17, 15) is 9.18 Å². The third-order valence-electron chi connectivity index (χ3n) is 3.73. The minimum Gasteiger partial charge on any atom is -0.361 e. The number of halogens is 2. The zero-order chi connectivity index (χ0) is 18.2. The molecule has 1 aromatic heterocycles. The van der Waals surface area contributed by atoms with Crippen molar-refractivity contribution in [1.82, 2.24) is 20.9 Å². The van der Waals surface area contributed by atoms with Crippen LogP contribution in [0.3, 0.4) is 0 Å². The van der Waals surface area contributed by atoms with Gasteiger partial charge in [0.2, 0.25) is 5.91 Å². The zero-order valence-electron chi connectivity index (χ0n) is 15.4. The van der Waals surface area contributed by atoms with Gasteiger partial charge in [-0.25, -0.2) is 4.39 Å². The van der Waals surface area contributed by atoms with Crippen molar-refractivity contribution in [2.24, 2.45) is 4.99 Å². The van der Waals surface area contributed by atoms with E-state index in [4.69, 9.17) is 0 Å². The van der Waals surface area contributed by atoms with Gasteiger partial charge in [-0.05, 0) is 44.0 Å². The Balaban J connectivity index is 0.00000338. The van der Waals surface area contributed by atoms with Crippen molar-refractivity contribution in [2.75, 3.05) is 20.1 Å². The molecule has 4 N–H and O–H groups in total. The number of aliphatic imine (C=N–C) groups is 1. The summed E-state index contributed by atoms with van der Waals surface area (Å²) >= 11 is 0. The van der Waals surface area contributed by atoms with Crippen LogP contribution in [0.25, 0.3) is 10.9 Å². The lowest BCUT2D eigenvalue weighted by Crippen LogP contribution is -2.40. The van der Waals surface area contributed by atoms with Crippen molar-refractivity contribution in [1.29, 1.82) is 0 Å². The molecule has 0 saturated heterocycles. The quantitative estimate of drug-likeness (QED) is 0.282. The Kier molecular flexibility index (Phi) is 9.39. The fourth-order valence-electron chi connectivity index (χ4n) is 2.59. The number of nitrogens with one attached hydrogen (secondary N) is 4. The molecule has 0 spiro atoms. The van der Waals surface area contributed by atoms with Gasteiger partial charge < -0.3 is 20.9 Å². The molecule has 144 valence electrons. The topological polar surface area (TPSA) is 81.3 Å². The number of aromatic amines is 1. The first-order valence-corrected chi connectivity index (χ1v) is 8.49. The summed E-state index contributed by atoms with van der Waals surface area (Å²) < 4.78 is 13.2. The Morgan fingerprint density at radius 3 is 2.69 bits per heavy atom. The number of guanidine groups is 1. The summed E-state index contributed by atoms with van der Waals surface area (Å²) in [5, 5.41) is 10.2. The normalized spacial score (nSPS) is 11.3. The SMILES string of the molecule is CN=C(NCCC(=O)NC(C)C)NCCc1c[nH]c2cc(F)ccc12.I. The maximum atomic E-state index is 13.2. The van der Waals surface area contributed by atoms with Crippen molar-refractivity contribution in [3.05, 3.63) is 35.8 Å². The number of nitrogens with zero attached hydrogens (tertiary/aromatic N) is 1. The number of rotatable bonds is 7. The molecule has 0 aliphatic heterocycles. The molecule has 26 heavy (non-hydrogen) atoms. The fourth-order valence-corrected chi connectivity index (χ4v) is 2.59. The first-order valence-electron chi connectivity index (χ1n) is 8.49. The molecule has 1 amide bonds. The van der Waals surface area contributed by atoms with Gasteiger partial charge >= 0.3 is 0 Å². The van der Waals surface area contributed by atoms with E-state index in [2.05, 4.69) is 25.9 Å². The van der Waals surface area contributed by atoms with Gasteiger partial charge in [-0.3, -0.25) is 9.79 Å². The van der Waals surface area contributed by atoms with Crippen molar-refractivity contribution in [3.8, 4) is 0 Å². The van der Waals surface area contributed by atoms with E-state index in [1.807, 2.05) is 20.0 Å². The summed E-state index contributed by atoms with van der Waals surface area (Å²) in [4.78, 5) is 18.8. The summed E-state index contributed by atoms with van der Waals surface area (Å²) in [6.45, 7) is 5.07. The van der Waals surface area contributed by atoms with Crippen LogP contribution in [-0.4, -0.2) is 43.0 Å². The molecule has 0 bridgehead atoms. The maximum absolute atomic E-state index is 13.2. The highest BCUT2D eigenvalue weighted by molar-refractivity contribution is 14.0. The van der Waals surface area contributed by atoms with Crippen LogP contribution in [0.15, 0.2) is 29.4 Å². The van der Waals surface area contributed by atoms with Crippen molar-refractivity contribution in [3.63, 3.8) is 0 Å². The number of hydrogen-bond donors (Lipinski definition) is 4. The predicted octanol–water partition coefficient (Wildman–Crippen LogP) is 2.55. The van der Waals surface area contributed by atoms with Gasteiger partial charge in [-0.15, -0.1) is 24.0 Å². The fraction of sp³-hybridized carbons (Fsp3) is 0.444. The molecule has 0 radical (unpaired) electrons. The summed E-state index contributed by atoms with van der Waals surface area (Å²) in [7, 11) is 1.69. The molecular weight excluding hydrogens is 448 g/mol. The zero-order valence-corrected chi connectivity index (χ0v) is 17.7. The molecule has 8 heteroatoms. The Morgan fingerprint density at radius 2 is 2.00 bits per heavy atom. The van der Waals surface area contributed by atoms with E-state index >= 15 is 0 Å². The lowest BCUT2D eigenvalue weighted by atomic mass is 10.1. The smallest absolute Gasteiger partial charge is 0.221 e. The number of H-pyrrole nitrogens is 1. The van der Waals surface area contributed by atoms with Crippen LogP contribution in [0.1, 0.15) is 25.8 Å². The molecule has 0 aliphatic rings. The van der Waals surface area contributed by atoms with Crippen LogP contribution in [0.2, 0.25) is 0 Å². The molecule has 0 fully saturated rings. The number of amides is 1. The second-order valence-electron chi connectivity index (χ2n) is 6.15. The monoisotopic (exact) mass is 475 g/mol. The Morgan fingerprint density at radius 1 is 1.27 bits per heavy atom. The second kappa shape index (κ2) is 11.0. The summed E-state index contributed by atoms with van der Waals surface area (Å²) in [6.07, 6.45) is 3.07. The number of benzene rings is 1. The van der Waals surface area contributed by atoms with Gasteiger partial charge in [-0.1, -0.05) is 0 Å². The highest BCUT2D eigenvalue weighted by Gasteiger charge is 2.06. The van der Waals surface area contributed by atoms with Crippen LogP contribution in [0, 0.1) is 5.82 Å². The lowest BCUT2D eigenvalue weighted by Gasteiger charge is -2.12. The Labute approximate surface area is 170 Å². The summed E-state index contributed by atoms with van der Waals surface area (Å²) in [5.41, 5.74) is 1.92. The number of hydrogen-bond acceptors (Lipinski definition) is 2. The number of carbonyl (C=O) groups is 1. The first-order chi connectivity index (χ1) is 12.0. The van der Waals surface area contributed by atoms with Crippen LogP contribution >= 0.6 is 24.0 Å². The van der Waals surface area contributed by atoms with Crippen molar-refractivity contribution < 1.29 is 9.18 Å². The Bertz CT molecular complexity index is 744. The predicted molar refractivity (Wildman–Crippen MR) is 115 cm³/mol. The average Bonchev–Trinajstić information content (AvgIpc) is 2.94. The van der Waals surface area contributed by atoms with Gasteiger partial charge in [0.15, 0.2) is 5.96 Å². The van der Waals surface area contributed by atoms with Gasteiger partial charge in [0.1, 0.15) is 5.82 Å². The minimum absolute atomic E-state index is 0. The van der Waals surface area contributed by atoms with Gasteiger partial charge in [0.05, 0.1) is 0 Å². The molecule has 0 unspecified atom stereocenters. The molecule has 6 nitrogen and oxygen atoms in total. The van der Waals surface area contributed by atoms with E-state index in [1.54, 1.807) is 13.1 Å². The minimum atomic E-state index is -0.245.